The van der Waals surface area contributed by atoms with Gasteiger partial charge in [0.05, 0.1) is 30.3 Å². The smallest absolute Gasteiger partial charge is 0.328 e. The van der Waals surface area contributed by atoms with E-state index in [2.05, 4.69) is 81.1 Å². The van der Waals surface area contributed by atoms with Gasteiger partial charge < -0.3 is 63.6 Å². The lowest BCUT2D eigenvalue weighted by molar-refractivity contribution is -0.203. The monoisotopic (exact) mass is 1000 g/mol. The first-order valence-corrected chi connectivity index (χ1v) is 26.6. The van der Waals surface area contributed by atoms with Crippen molar-refractivity contribution >= 4 is 35.5 Å². The number of carbonyl (C=O) groups is 6. The summed E-state index contributed by atoms with van der Waals surface area (Å²) in [5.74, 6) is -4.61. The topological polar surface area (TPSA) is 316 Å². The second kappa shape index (κ2) is 22.8. The third-order valence-corrected chi connectivity index (χ3v) is 19.1. The molecule has 18 nitrogen and oxygen atoms in total. The fraction of sp³-hybridized carbons (Fsp3) is 0.849. The summed E-state index contributed by atoms with van der Waals surface area (Å²) in [5.41, 5.74) is 11.7. The highest BCUT2D eigenvalue weighted by Gasteiger charge is 2.69. The summed E-state index contributed by atoms with van der Waals surface area (Å²) in [4.78, 5) is 82.1. The Balaban J connectivity index is 1.38. The van der Waals surface area contributed by atoms with Crippen molar-refractivity contribution < 1.29 is 54.3 Å². The number of carbonyl (C=O) groups excluding carboxylic acids is 5. The number of hydrogen-bond donors (Lipinski definition) is 12. The SMILES string of the molecule is C[C@@H](O)[C@H](NC(=O)[C@H](CCCCN)NC(=O)[C@]12CCC(C)(C)CC1C1=CCC3[C@@]4(C)CC[C@H](O)C(C)(C)C4CC[C@@]3(C)[C@]1(C)CC2)C(=O)N[C@@H](C(=O)N[C@@H](CCCCN)C(=O)N[C@@H](CO)C(=O)O)[C@@H](C)O. The largest absolute Gasteiger partial charge is 0.480 e. The zero-order valence-corrected chi connectivity index (χ0v) is 44.2. The Labute approximate surface area is 421 Å². The van der Waals surface area contributed by atoms with Gasteiger partial charge in [-0.25, -0.2) is 4.79 Å². The Morgan fingerprint density at radius 1 is 0.662 bits per heavy atom. The molecule has 14 N–H and O–H groups in total. The molecule has 18 heteroatoms. The first kappa shape index (κ1) is 58.2. The third kappa shape index (κ3) is 11.7. The van der Waals surface area contributed by atoms with Gasteiger partial charge in [0.1, 0.15) is 30.2 Å². The molecule has 5 aliphatic carbocycles. The van der Waals surface area contributed by atoms with Crippen LogP contribution in [0.1, 0.15) is 165 Å². The molecule has 0 heterocycles. The van der Waals surface area contributed by atoms with E-state index in [1.54, 1.807) is 0 Å². The van der Waals surface area contributed by atoms with E-state index in [1.807, 2.05) is 0 Å². The normalized spacial score (nSPS) is 33.5. The van der Waals surface area contributed by atoms with Gasteiger partial charge in [0.25, 0.3) is 0 Å². The predicted molar refractivity (Wildman–Crippen MR) is 269 cm³/mol. The van der Waals surface area contributed by atoms with Gasteiger partial charge in [-0.1, -0.05) is 60.1 Å². The molecule has 3 unspecified atom stereocenters. The second-order valence-electron chi connectivity index (χ2n) is 24.4. The Kier molecular flexibility index (Phi) is 18.7. The minimum Gasteiger partial charge on any atom is -0.480 e. The fourth-order valence-electron chi connectivity index (χ4n) is 14.5. The van der Waals surface area contributed by atoms with Crippen LogP contribution in [0.15, 0.2) is 11.6 Å². The molecule has 15 atom stereocenters. The van der Waals surface area contributed by atoms with Crippen LogP contribution in [0, 0.1) is 50.2 Å². The lowest BCUT2D eigenvalue weighted by Gasteiger charge is -2.71. The van der Waals surface area contributed by atoms with Crippen LogP contribution in [-0.4, -0.2) is 129 Å². The maximum Gasteiger partial charge on any atom is 0.328 e. The molecule has 4 saturated carbocycles. The van der Waals surface area contributed by atoms with Crippen LogP contribution in [0.5, 0.6) is 0 Å². The molecule has 4 fully saturated rings. The molecule has 0 spiro atoms. The van der Waals surface area contributed by atoms with E-state index in [9.17, 15) is 49.5 Å². The van der Waals surface area contributed by atoms with Gasteiger partial charge in [-0.2, -0.15) is 0 Å². The van der Waals surface area contributed by atoms with Crippen LogP contribution in [0.25, 0.3) is 0 Å². The second-order valence-corrected chi connectivity index (χ2v) is 24.4. The number of aliphatic carboxylic acids is 1. The first-order valence-electron chi connectivity index (χ1n) is 26.6. The molecule has 0 saturated heterocycles. The summed E-state index contributed by atoms with van der Waals surface area (Å²) in [5, 5.41) is 64.6. The van der Waals surface area contributed by atoms with Gasteiger partial charge in [0.15, 0.2) is 0 Å². The fourth-order valence-corrected chi connectivity index (χ4v) is 14.5. The quantitative estimate of drug-likeness (QED) is 0.0549. The van der Waals surface area contributed by atoms with Crippen molar-refractivity contribution in [2.75, 3.05) is 19.7 Å². The number of fused-ring (bicyclic) bond motifs is 7. The average molecular weight is 1000 g/mol. The number of nitrogens with one attached hydrogen (secondary N) is 5. The summed E-state index contributed by atoms with van der Waals surface area (Å²) in [6.07, 6.45) is 9.75. The number of aliphatic hydroxyl groups is 4. The third-order valence-electron chi connectivity index (χ3n) is 19.1. The zero-order chi connectivity index (χ0) is 53.1. The van der Waals surface area contributed by atoms with E-state index in [-0.39, 0.29) is 64.4 Å². The van der Waals surface area contributed by atoms with Crippen LogP contribution in [0.2, 0.25) is 0 Å². The number of unbranched alkanes of at least 4 members (excludes halogenated alkanes) is 2. The van der Waals surface area contributed by atoms with Crippen molar-refractivity contribution in [2.45, 2.75) is 214 Å². The standard InChI is InChI=1S/C53H91N7O11/c1-30(62)40(44(67)56-34(14-10-12-26-54)42(65)57-36(29-61)46(69)70)60-45(68)41(31(2)63)59-43(66)35(15-11-13-27-55)58-47(71)53-24-22-48(3,4)28-33(53)32-16-17-38-50(7)20-19-39(64)49(5,6)37(50)18-21-52(38,9)51(32,8)23-25-53/h16,30-31,33-41,61-64H,10-15,17-29,54-55H2,1-9H3,(H,56,67)(H,57,65)(H,58,71)(H,59,66)(H,60,68)(H,69,70)/t30-,31-,33?,34+,35+,36+,37?,38?,39+,40-,41+,50+,51-,52-,53+/m1/s1. The molecule has 0 aromatic heterocycles. The van der Waals surface area contributed by atoms with E-state index in [1.165, 1.54) is 19.4 Å². The first-order chi connectivity index (χ1) is 33.1. The Morgan fingerprint density at radius 2 is 1.18 bits per heavy atom. The van der Waals surface area contributed by atoms with E-state index < -0.39 is 84.0 Å². The van der Waals surface area contributed by atoms with Gasteiger partial charge in [-0.05, 0) is 174 Å². The highest BCUT2D eigenvalue weighted by Crippen LogP contribution is 2.75. The number of rotatable bonds is 22. The Bertz CT molecular complexity index is 1980. The molecule has 5 rings (SSSR count). The van der Waals surface area contributed by atoms with E-state index in [0.29, 0.717) is 56.9 Å². The molecule has 0 aromatic rings. The van der Waals surface area contributed by atoms with Gasteiger partial charge in [0.2, 0.25) is 29.5 Å². The molecule has 0 radical (unpaired) electrons. The lowest BCUT2D eigenvalue weighted by Crippen LogP contribution is -2.66. The summed E-state index contributed by atoms with van der Waals surface area (Å²) >= 11 is 0. The molecular formula is C53H91N7O11. The zero-order valence-electron chi connectivity index (χ0n) is 44.2. The number of hydrogen-bond acceptors (Lipinski definition) is 12. The molecule has 0 aliphatic heterocycles. The number of amides is 5. The van der Waals surface area contributed by atoms with Crippen molar-refractivity contribution in [3.63, 3.8) is 0 Å². The van der Waals surface area contributed by atoms with Crippen LogP contribution in [0.4, 0.5) is 0 Å². The molecule has 404 valence electrons. The number of nitrogens with two attached hydrogens (primary N) is 2. The van der Waals surface area contributed by atoms with Crippen LogP contribution < -0.4 is 38.1 Å². The van der Waals surface area contributed by atoms with E-state index >= 15 is 4.79 Å². The van der Waals surface area contributed by atoms with Crippen molar-refractivity contribution in [1.29, 1.82) is 0 Å². The summed E-state index contributed by atoms with van der Waals surface area (Å²) < 4.78 is 0. The maximum atomic E-state index is 15.3. The van der Waals surface area contributed by atoms with E-state index in [0.717, 1.165) is 51.4 Å². The average Bonchev–Trinajstić information content (AvgIpc) is 3.29. The maximum absolute atomic E-state index is 15.3. The number of allylic oxidation sites excluding steroid dienone is 2. The van der Waals surface area contributed by atoms with Crippen molar-refractivity contribution in [2.24, 2.45) is 61.7 Å². The van der Waals surface area contributed by atoms with Gasteiger partial charge >= 0.3 is 5.97 Å². The molecular weight excluding hydrogens is 911 g/mol. The molecule has 0 aromatic carbocycles. The van der Waals surface area contributed by atoms with Crippen LogP contribution in [-0.2, 0) is 28.8 Å². The lowest BCUT2D eigenvalue weighted by atomic mass is 9.33. The van der Waals surface area contributed by atoms with Gasteiger partial charge in [-0.15, -0.1) is 0 Å². The summed E-state index contributed by atoms with van der Waals surface area (Å²) in [6.45, 7) is 18.7. The van der Waals surface area contributed by atoms with Crippen LogP contribution >= 0.6 is 0 Å². The van der Waals surface area contributed by atoms with Crippen molar-refractivity contribution in [3.8, 4) is 0 Å². The Morgan fingerprint density at radius 3 is 1.73 bits per heavy atom. The number of carboxylic acid groups (broad SMARTS) is 1. The number of aliphatic hydroxyl groups excluding tert-OH is 4. The van der Waals surface area contributed by atoms with Crippen LogP contribution in [0.3, 0.4) is 0 Å². The van der Waals surface area contributed by atoms with Gasteiger partial charge in [0, 0.05) is 0 Å². The summed E-state index contributed by atoms with van der Waals surface area (Å²) in [7, 11) is 0. The molecule has 0 bridgehead atoms. The minimum atomic E-state index is -1.70. The van der Waals surface area contributed by atoms with Crippen molar-refractivity contribution in [3.05, 3.63) is 11.6 Å². The Hall–Kier alpha value is -3.68. The molecule has 71 heavy (non-hydrogen) atoms. The van der Waals surface area contributed by atoms with E-state index in [4.69, 9.17) is 11.5 Å². The van der Waals surface area contributed by atoms with Crippen molar-refractivity contribution in [1.82, 2.24) is 26.6 Å². The highest BCUT2D eigenvalue weighted by atomic mass is 16.4. The molecule has 5 aliphatic rings. The summed E-state index contributed by atoms with van der Waals surface area (Å²) in [6, 6.07) is -7.45. The predicted octanol–water partition coefficient (Wildman–Crippen LogP) is 2.67. The van der Waals surface area contributed by atoms with Gasteiger partial charge in [-0.3, -0.25) is 24.0 Å². The minimum absolute atomic E-state index is 0.0120. The highest BCUT2D eigenvalue weighted by molar-refractivity contribution is 5.97. The number of carboxylic acids is 1. The molecule has 5 amide bonds.